The average Bonchev–Trinajstić information content (AvgIpc) is 3.24. The van der Waals surface area contributed by atoms with Crippen LogP contribution in [0.5, 0.6) is 17.2 Å². The van der Waals surface area contributed by atoms with Crippen LogP contribution in [0.2, 0.25) is 0 Å². The van der Waals surface area contributed by atoms with Crippen molar-refractivity contribution in [3.63, 3.8) is 0 Å². The molecule has 0 atom stereocenters. The van der Waals surface area contributed by atoms with Gasteiger partial charge in [-0.15, -0.1) is 0 Å². The Morgan fingerprint density at radius 1 is 0.967 bits per heavy atom. The first kappa shape index (κ1) is 21.2. The Morgan fingerprint density at radius 3 is 2.20 bits per heavy atom. The Morgan fingerprint density at radius 2 is 1.57 bits per heavy atom. The van der Waals surface area contributed by atoms with E-state index < -0.39 is 0 Å². The number of benzene rings is 2. The van der Waals surface area contributed by atoms with Crippen LogP contribution in [0.1, 0.15) is 17.3 Å². The van der Waals surface area contributed by atoms with E-state index in [-0.39, 0.29) is 12.5 Å². The molecule has 30 heavy (non-hydrogen) atoms. The Hall–Kier alpha value is -3.55. The normalized spacial score (nSPS) is 10.5. The van der Waals surface area contributed by atoms with Gasteiger partial charge < -0.3 is 23.6 Å². The predicted octanol–water partition coefficient (Wildman–Crippen LogP) is 2.91. The molecule has 0 saturated carbocycles. The summed E-state index contributed by atoms with van der Waals surface area (Å²) in [6.07, 6.45) is 0.824. The molecule has 0 aliphatic carbocycles. The molecule has 0 spiro atoms. The van der Waals surface area contributed by atoms with Gasteiger partial charge in [-0.25, -0.2) is 0 Å². The lowest BCUT2D eigenvalue weighted by Gasteiger charge is -2.16. The van der Waals surface area contributed by atoms with Crippen LogP contribution < -0.4 is 14.2 Å². The summed E-state index contributed by atoms with van der Waals surface area (Å²) < 4.78 is 21.1. The maximum atomic E-state index is 12.4. The second-order valence-electron chi connectivity index (χ2n) is 6.66. The molecule has 3 aromatic rings. The Kier molecular flexibility index (Phi) is 7.26. The third-order valence-electron chi connectivity index (χ3n) is 4.54. The fourth-order valence-electron chi connectivity index (χ4n) is 2.71. The van der Waals surface area contributed by atoms with Gasteiger partial charge in [0.25, 0.3) is 5.89 Å². The lowest BCUT2D eigenvalue weighted by molar-refractivity contribution is -0.129. The molecule has 0 aliphatic heterocycles. The zero-order valence-corrected chi connectivity index (χ0v) is 17.3. The van der Waals surface area contributed by atoms with Crippen LogP contribution in [0.15, 0.2) is 53.1 Å². The van der Waals surface area contributed by atoms with Gasteiger partial charge >= 0.3 is 0 Å². The minimum Gasteiger partial charge on any atom is -0.497 e. The molecule has 8 nitrogen and oxygen atoms in total. The number of hydrogen-bond acceptors (Lipinski definition) is 7. The SMILES string of the molecule is COc1ccc(CC(=O)N(C)CCc2noc(COc3ccc(OC)cc3)n2)cc1. The molecule has 158 valence electrons. The first-order chi connectivity index (χ1) is 14.6. The molecule has 2 aromatic carbocycles. The number of hydrogen-bond donors (Lipinski definition) is 0. The number of carbonyl (C=O) groups is 1. The number of likely N-dealkylation sites (N-methyl/N-ethyl adjacent to an activating group) is 1. The summed E-state index contributed by atoms with van der Waals surface area (Å²) in [6, 6.07) is 14.7. The van der Waals surface area contributed by atoms with E-state index in [1.807, 2.05) is 36.4 Å². The van der Waals surface area contributed by atoms with Crippen LogP contribution in [0.3, 0.4) is 0 Å². The average molecular weight is 411 g/mol. The minimum absolute atomic E-state index is 0.0201. The number of methoxy groups -OCH3 is 2. The second kappa shape index (κ2) is 10.3. The van der Waals surface area contributed by atoms with Crippen molar-refractivity contribution < 1.29 is 23.5 Å². The summed E-state index contributed by atoms with van der Waals surface area (Å²) in [5, 5.41) is 3.95. The van der Waals surface area contributed by atoms with E-state index in [9.17, 15) is 4.79 Å². The van der Waals surface area contributed by atoms with Gasteiger partial charge in [0.05, 0.1) is 20.6 Å². The molecule has 0 radical (unpaired) electrons. The van der Waals surface area contributed by atoms with E-state index in [0.717, 1.165) is 17.1 Å². The number of amides is 1. The molecule has 1 aromatic heterocycles. The van der Waals surface area contributed by atoms with Crippen LogP contribution in [0, 0.1) is 0 Å². The Balaban J connectivity index is 1.43. The first-order valence-corrected chi connectivity index (χ1v) is 9.52. The van der Waals surface area contributed by atoms with Crippen molar-refractivity contribution in [2.24, 2.45) is 0 Å². The summed E-state index contributed by atoms with van der Waals surface area (Å²) in [5.41, 5.74) is 0.935. The summed E-state index contributed by atoms with van der Waals surface area (Å²) in [5.74, 6) is 3.14. The number of aromatic nitrogens is 2. The highest BCUT2D eigenvalue weighted by molar-refractivity contribution is 5.78. The number of nitrogens with zero attached hydrogens (tertiary/aromatic N) is 3. The van der Waals surface area contributed by atoms with Crippen LogP contribution in [0.4, 0.5) is 0 Å². The minimum atomic E-state index is 0.0201. The molecule has 0 unspecified atom stereocenters. The monoisotopic (exact) mass is 411 g/mol. The van der Waals surface area contributed by atoms with E-state index in [1.54, 1.807) is 38.3 Å². The summed E-state index contributed by atoms with van der Waals surface area (Å²) >= 11 is 0. The lowest BCUT2D eigenvalue weighted by atomic mass is 10.1. The van der Waals surface area contributed by atoms with Gasteiger partial charge in [0.15, 0.2) is 12.4 Å². The van der Waals surface area contributed by atoms with Crippen LogP contribution >= 0.6 is 0 Å². The van der Waals surface area contributed by atoms with Gasteiger partial charge in [-0.2, -0.15) is 4.98 Å². The van der Waals surface area contributed by atoms with E-state index in [0.29, 0.717) is 36.9 Å². The predicted molar refractivity (Wildman–Crippen MR) is 110 cm³/mol. The number of rotatable bonds is 10. The van der Waals surface area contributed by atoms with Crippen molar-refractivity contribution in [3.05, 3.63) is 65.8 Å². The van der Waals surface area contributed by atoms with E-state index >= 15 is 0 Å². The summed E-state index contributed by atoms with van der Waals surface area (Å²) in [6.45, 7) is 0.666. The van der Waals surface area contributed by atoms with Gasteiger partial charge in [0.2, 0.25) is 5.91 Å². The third-order valence-corrected chi connectivity index (χ3v) is 4.54. The van der Waals surface area contributed by atoms with Crippen molar-refractivity contribution in [2.75, 3.05) is 27.8 Å². The highest BCUT2D eigenvalue weighted by Crippen LogP contribution is 2.18. The van der Waals surface area contributed by atoms with Gasteiger partial charge in [-0.1, -0.05) is 17.3 Å². The van der Waals surface area contributed by atoms with Crippen molar-refractivity contribution in [1.29, 1.82) is 0 Å². The largest absolute Gasteiger partial charge is 0.497 e. The van der Waals surface area contributed by atoms with Crippen LogP contribution in [-0.2, 0) is 24.2 Å². The highest BCUT2D eigenvalue weighted by Gasteiger charge is 2.13. The van der Waals surface area contributed by atoms with Gasteiger partial charge in [-0.05, 0) is 42.0 Å². The van der Waals surface area contributed by atoms with Gasteiger partial charge in [-0.3, -0.25) is 4.79 Å². The molecule has 1 amide bonds. The Labute approximate surface area is 175 Å². The number of ether oxygens (including phenoxy) is 3. The van der Waals surface area contributed by atoms with Crippen LogP contribution in [0.25, 0.3) is 0 Å². The number of carbonyl (C=O) groups excluding carboxylic acids is 1. The standard InChI is InChI=1S/C22H25N3O5/c1-25(22(26)14-16-4-6-17(27-2)7-5-16)13-12-20-23-21(30-24-20)15-29-19-10-8-18(28-3)9-11-19/h4-11H,12-15H2,1-3H3. The molecule has 0 saturated heterocycles. The van der Waals surface area contributed by atoms with Crippen molar-refractivity contribution in [1.82, 2.24) is 15.0 Å². The molecular weight excluding hydrogens is 386 g/mol. The van der Waals surface area contributed by atoms with Crippen molar-refractivity contribution >= 4 is 5.91 Å². The first-order valence-electron chi connectivity index (χ1n) is 9.52. The smallest absolute Gasteiger partial charge is 0.264 e. The maximum absolute atomic E-state index is 12.4. The Bertz CT molecular complexity index is 938. The maximum Gasteiger partial charge on any atom is 0.264 e. The molecule has 0 bridgehead atoms. The van der Waals surface area contributed by atoms with E-state index in [2.05, 4.69) is 10.1 Å². The summed E-state index contributed by atoms with van der Waals surface area (Å²) in [7, 11) is 4.99. The van der Waals surface area contributed by atoms with E-state index in [1.165, 1.54) is 0 Å². The molecular formula is C22H25N3O5. The van der Waals surface area contributed by atoms with Crippen LogP contribution in [-0.4, -0.2) is 48.8 Å². The second-order valence-corrected chi connectivity index (χ2v) is 6.66. The molecule has 3 rings (SSSR count). The molecule has 0 N–H and O–H groups in total. The van der Waals surface area contributed by atoms with Gasteiger partial charge in [0, 0.05) is 20.0 Å². The third kappa shape index (κ3) is 5.97. The zero-order valence-electron chi connectivity index (χ0n) is 17.3. The fourth-order valence-corrected chi connectivity index (χ4v) is 2.71. The molecule has 8 heteroatoms. The zero-order chi connectivity index (χ0) is 21.3. The molecule has 0 fully saturated rings. The quantitative estimate of drug-likeness (QED) is 0.507. The van der Waals surface area contributed by atoms with Gasteiger partial charge in [0.1, 0.15) is 17.2 Å². The summed E-state index contributed by atoms with van der Waals surface area (Å²) in [4.78, 5) is 18.4. The lowest BCUT2D eigenvalue weighted by Crippen LogP contribution is -2.30. The topological polar surface area (TPSA) is 86.9 Å². The molecule has 0 aliphatic rings. The molecule has 1 heterocycles. The van der Waals surface area contributed by atoms with Crippen molar-refractivity contribution in [2.45, 2.75) is 19.4 Å². The highest BCUT2D eigenvalue weighted by atomic mass is 16.5. The van der Waals surface area contributed by atoms with E-state index in [4.69, 9.17) is 18.7 Å². The van der Waals surface area contributed by atoms with Crippen molar-refractivity contribution in [3.8, 4) is 17.2 Å². The fraction of sp³-hybridized carbons (Fsp3) is 0.318.